The highest BCUT2D eigenvalue weighted by Gasteiger charge is 2.62. The van der Waals surface area contributed by atoms with Crippen LogP contribution in [0.3, 0.4) is 0 Å². The van der Waals surface area contributed by atoms with Crippen molar-refractivity contribution < 1.29 is 4.92 Å². The van der Waals surface area contributed by atoms with Crippen LogP contribution in [0.15, 0.2) is 42.5 Å². The van der Waals surface area contributed by atoms with Gasteiger partial charge in [0.25, 0.3) is 5.66 Å². The molecule has 1 aliphatic heterocycles. The zero-order valence-electron chi connectivity index (χ0n) is 9.08. The van der Waals surface area contributed by atoms with Crippen LogP contribution in [-0.2, 0) is 4.75 Å². The van der Waals surface area contributed by atoms with E-state index in [1.165, 1.54) is 5.56 Å². The van der Waals surface area contributed by atoms with Crippen molar-refractivity contribution in [1.29, 1.82) is 0 Å². The average Bonchev–Trinajstić information content (AvgIpc) is 3.04. The normalized spacial score (nSPS) is 38.5. The molecule has 0 bridgehead atoms. The van der Waals surface area contributed by atoms with E-state index in [9.17, 15) is 10.1 Å². The molecule has 17 heavy (non-hydrogen) atoms. The Morgan fingerprint density at radius 3 is 2.65 bits per heavy atom. The second-order valence-electron chi connectivity index (χ2n) is 4.55. The lowest BCUT2D eigenvalue weighted by Gasteiger charge is -2.23. The van der Waals surface area contributed by atoms with E-state index in [1.807, 2.05) is 24.3 Å². The van der Waals surface area contributed by atoms with Gasteiger partial charge in [0.1, 0.15) is 0 Å². The number of nitro groups is 1. The standard InChI is InChI=1S/C12H12N2O2S/c13-11(14(15)16)6-7-12(10(8-11)17-12)9-4-2-1-3-5-9/h1-7,10H,8,13H2. The summed E-state index contributed by atoms with van der Waals surface area (Å²) < 4.78 is -0.0693. The molecule has 1 heterocycles. The van der Waals surface area contributed by atoms with Gasteiger partial charge in [-0.15, -0.1) is 11.8 Å². The summed E-state index contributed by atoms with van der Waals surface area (Å²) in [5.41, 5.74) is 5.58. The lowest BCUT2D eigenvalue weighted by molar-refractivity contribution is -0.555. The van der Waals surface area contributed by atoms with Crippen LogP contribution < -0.4 is 5.73 Å². The summed E-state index contributed by atoms with van der Waals surface area (Å²) in [6.45, 7) is 0. The number of rotatable bonds is 2. The molecule has 1 aliphatic carbocycles. The summed E-state index contributed by atoms with van der Waals surface area (Å²) in [5.74, 6) is 0. The number of hydrogen-bond acceptors (Lipinski definition) is 4. The van der Waals surface area contributed by atoms with Gasteiger partial charge in [-0.05, 0) is 5.56 Å². The number of hydrogen-bond donors (Lipinski definition) is 1. The van der Waals surface area contributed by atoms with E-state index < -0.39 is 10.6 Å². The molecule has 1 aromatic rings. The molecule has 3 unspecified atom stereocenters. The van der Waals surface area contributed by atoms with Crippen molar-refractivity contribution in [2.75, 3.05) is 0 Å². The van der Waals surface area contributed by atoms with Gasteiger partial charge in [0.2, 0.25) is 0 Å². The zero-order chi connectivity index (χ0) is 12.1. The maximum atomic E-state index is 10.9. The molecule has 0 saturated carbocycles. The van der Waals surface area contributed by atoms with Crippen molar-refractivity contribution in [3.8, 4) is 0 Å². The highest BCUT2D eigenvalue weighted by atomic mass is 32.2. The molecule has 2 N–H and O–H groups in total. The van der Waals surface area contributed by atoms with E-state index in [4.69, 9.17) is 5.73 Å². The van der Waals surface area contributed by atoms with Crippen LogP contribution in [0.25, 0.3) is 0 Å². The Morgan fingerprint density at radius 2 is 2.06 bits per heavy atom. The molecule has 1 fully saturated rings. The summed E-state index contributed by atoms with van der Waals surface area (Å²) in [4.78, 5) is 10.5. The lowest BCUT2D eigenvalue weighted by Crippen LogP contribution is -2.49. The van der Waals surface area contributed by atoms with Crippen LogP contribution in [0.5, 0.6) is 0 Å². The first kappa shape index (κ1) is 10.8. The van der Waals surface area contributed by atoms with Crippen molar-refractivity contribution in [3.63, 3.8) is 0 Å². The molecule has 4 nitrogen and oxygen atoms in total. The second kappa shape index (κ2) is 3.34. The zero-order valence-corrected chi connectivity index (χ0v) is 9.89. The predicted octanol–water partition coefficient (Wildman–Crippen LogP) is 1.89. The summed E-state index contributed by atoms with van der Waals surface area (Å²) in [6, 6.07) is 10.1. The van der Waals surface area contributed by atoms with Crippen LogP contribution in [0, 0.1) is 10.1 Å². The smallest absolute Gasteiger partial charge is 0.262 e. The summed E-state index contributed by atoms with van der Waals surface area (Å²) in [7, 11) is 0. The van der Waals surface area contributed by atoms with Crippen molar-refractivity contribution in [2.45, 2.75) is 22.1 Å². The number of nitrogens with zero attached hydrogens (tertiary/aromatic N) is 1. The molecule has 5 heteroatoms. The maximum absolute atomic E-state index is 10.9. The van der Waals surface area contributed by atoms with Crippen LogP contribution >= 0.6 is 11.8 Å². The molecule has 88 valence electrons. The summed E-state index contributed by atoms with van der Waals surface area (Å²) in [5, 5.41) is 11.1. The van der Waals surface area contributed by atoms with Gasteiger partial charge in [0.05, 0.1) is 11.2 Å². The fraction of sp³-hybridized carbons (Fsp3) is 0.333. The SMILES string of the molecule is NC1([N+](=O)[O-])C=CC2(c3ccccc3)SC2C1. The van der Waals surface area contributed by atoms with Gasteiger partial charge >= 0.3 is 0 Å². The van der Waals surface area contributed by atoms with Gasteiger partial charge in [-0.2, -0.15) is 0 Å². The van der Waals surface area contributed by atoms with Crippen molar-refractivity contribution >= 4 is 11.8 Å². The van der Waals surface area contributed by atoms with Crippen LogP contribution in [0.2, 0.25) is 0 Å². The Bertz CT molecular complexity index is 504. The third-order valence-corrected chi connectivity index (χ3v) is 5.07. The molecule has 3 atom stereocenters. The monoisotopic (exact) mass is 248 g/mol. The topological polar surface area (TPSA) is 69.2 Å². The van der Waals surface area contributed by atoms with Crippen molar-refractivity contribution in [3.05, 3.63) is 58.2 Å². The van der Waals surface area contributed by atoms with E-state index in [2.05, 4.69) is 12.1 Å². The molecular weight excluding hydrogens is 236 g/mol. The van der Waals surface area contributed by atoms with Crippen LogP contribution in [0.1, 0.15) is 12.0 Å². The van der Waals surface area contributed by atoms with Crippen molar-refractivity contribution in [1.82, 2.24) is 0 Å². The largest absolute Gasteiger partial charge is 0.292 e. The van der Waals surface area contributed by atoms with Crippen LogP contribution in [0.4, 0.5) is 0 Å². The molecule has 0 aromatic heterocycles. The minimum atomic E-state index is -1.38. The number of fused-ring (bicyclic) bond motifs is 1. The second-order valence-corrected chi connectivity index (χ2v) is 6.03. The van der Waals surface area contributed by atoms with E-state index in [1.54, 1.807) is 17.8 Å². The quantitative estimate of drug-likeness (QED) is 0.285. The Labute approximate surface area is 103 Å². The number of nitrogens with two attached hydrogens (primary N) is 1. The molecule has 1 aromatic carbocycles. The fourth-order valence-corrected chi connectivity index (χ4v) is 3.83. The minimum absolute atomic E-state index is 0.0693. The Kier molecular flexibility index (Phi) is 2.12. The minimum Gasteiger partial charge on any atom is -0.262 e. The van der Waals surface area contributed by atoms with Crippen molar-refractivity contribution in [2.24, 2.45) is 5.73 Å². The predicted molar refractivity (Wildman–Crippen MR) is 67.2 cm³/mol. The van der Waals surface area contributed by atoms with Crippen LogP contribution in [-0.4, -0.2) is 15.8 Å². The van der Waals surface area contributed by atoms with E-state index in [-0.39, 0.29) is 10.00 Å². The first-order chi connectivity index (χ1) is 8.07. The average molecular weight is 248 g/mol. The fourth-order valence-electron chi connectivity index (χ4n) is 2.36. The first-order valence-electron chi connectivity index (χ1n) is 5.44. The van der Waals surface area contributed by atoms with Gasteiger partial charge in [-0.3, -0.25) is 15.8 Å². The maximum Gasteiger partial charge on any atom is 0.292 e. The molecule has 0 spiro atoms. The number of thioether (sulfide) groups is 1. The third-order valence-electron chi connectivity index (χ3n) is 3.46. The van der Waals surface area contributed by atoms with E-state index >= 15 is 0 Å². The molecule has 0 amide bonds. The lowest BCUT2D eigenvalue weighted by atomic mass is 9.85. The number of benzene rings is 1. The molecule has 0 radical (unpaired) electrons. The Balaban J connectivity index is 1.95. The Morgan fingerprint density at radius 1 is 1.35 bits per heavy atom. The van der Waals surface area contributed by atoms with Gasteiger partial charge in [-0.25, -0.2) is 0 Å². The summed E-state index contributed by atoms with van der Waals surface area (Å²) in [6.07, 6.45) is 3.86. The molecular formula is C12H12N2O2S. The highest BCUT2D eigenvalue weighted by molar-refractivity contribution is 8.08. The van der Waals surface area contributed by atoms with Gasteiger partial charge < -0.3 is 0 Å². The first-order valence-corrected chi connectivity index (χ1v) is 6.32. The highest BCUT2D eigenvalue weighted by Crippen LogP contribution is 2.66. The summed E-state index contributed by atoms with van der Waals surface area (Å²) >= 11 is 1.75. The third kappa shape index (κ3) is 1.50. The Hall–Kier alpha value is -1.33. The van der Waals surface area contributed by atoms with E-state index in [0.29, 0.717) is 6.42 Å². The van der Waals surface area contributed by atoms with Gasteiger partial charge in [0, 0.05) is 16.2 Å². The molecule has 1 saturated heterocycles. The molecule has 2 aliphatic rings. The van der Waals surface area contributed by atoms with Gasteiger partial charge in [0.15, 0.2) is 0 Å². The molecule has 3 rings (SSSR count). The van der Waals surface area contributed by atoms with E-state index in [0.717, 1.165) is 0 Å². The van der Waals surface area contributed by atoms with Gasteiger partial charge in [-0.1, -0.05) is 36.4 Å².